The van der Waals surface area contributed by atoms with Crippen molar-refractivity contribution in [1.29, 1.82) is 0 Å². The van der Waals surface area contributed by atoms with Crippen molar-refractivity contribution in [2.45, 2.75) is 433 Å². The van der Waals surface area contributed by atoms with Gasteiger partial charge in [0.05, 0.1) is 46.6 Å². The molecule has 6 atom stereocenters. The molecule has 804 valence electrons. The third-order valence-electron chi connectivity index (χ3n) is 40.7. The zero-order chi connectivity index (χ0) is 102. The lowest BCUT2D eigenvalue weighted by molar-refractivity contribution is -0.152. The molecule has 147 heavy (non-hydrogen) atoms. The topological polar surface area (TPSA) is 170 Å². The Morgan fingerprint density at radius 1 is 0.361 bits per heavy atom. The molecular weight excluding hydrogens is 1810 g/mol. The Morgan fingerprint density at radius 3 is 1.15 bits per heavy atom. The lowest BCUT2D eigenvalue weighted by atomic mass is 9.54. The van der Waals surface area contributed by atoms with Crippen LogP contribution in [0.5, 0.6) is 0 Å². The van der Waals surface area contributed by atoms with Gasteiger partial charge in [-0.2, -0.15) is 0 Å². The van der Waals surface area contributed by atoms with Gasteiger partial charge in [0.15, 0.2) is 0 Å². The lowest BCUT2D eigenvalue weighted by Gasteiger charge is -2.53. The maximum Gasteiger partial charge on any atom is 0.310 e. The number of fused-ring (bicyclic) bond motifs is 6. The van der Waals surface area contributed by atoms with Crippen LogP contribution in [0.2, 0.25) is 0 Å². The standard InChI is InChI=1S/C26H41NO.C25H39NO.C23H29NO.C21H32N2O2.C20H27NO2.C17H25NO/c1-2-3-18-27-19-21-12-10-11-17-24(21)25(20-27)26(28,22-13-6-4-7-14-22)23-15-8-5-9-16-23;1-19(2)26-17-20-11-9-10-16-23(20)24(18-26)25(27,21-12-5-3-6-13-21)22-14-7-4-8-15-22;1-18-9-11-19(12-10-18)15-24-16-20-7-3-4-8-21(20)22(17-24)23(25)13-5-2-6-14-23;24-21(8-4-1-5-9-21)20-17-23(11-10-22-12-14-25-15-13-22)16-18-6-2-3-7-19(18)20;1-21-13-15-7-3-4-8-16(15)17(14-21)19(9-5-2-6-10-19)20(11-12-20)18(22)23;1-13-6-7-15-14(10-13)11-18(2)12-16(15)17(19)8-4-3-5-9-17/h10-12,17,22-23,25,28H,2-9,13-16,18-20H2,1H3;9-11,16,19,21-22,24,27H,3-8,12-15,17-18H2,1-2H3;3-4,7-12,22,25H,2,5-6,13-17H2,1H3;2-3,6-7,20,24H,1,4-5,8-17H2;3-4,7-8,17H,2,5-6,9-14H2,1H3,(H,22,23);6-7,10,16,19H,3-5,8-9,11-12H2,1-2H3. The summed E-state index contributed by atoms with van der Waals surface area (Å²) in [6, 6.07) is 60.5. The van der Waals surface area contributed by atoms with Gasteiger partial charge in [0, 0.05) is 153 Å². The molecule has 0 spiro atoms. The van der Waals surface area contributed by atoms with Crippen molar-refractivity contribution in [1.82, 2.24) is 34.3 Å². The van der Waals surface area contributed by atoms with Crippen LogP contribution >= 0.6 is 0 Å². The monoisotopic (exact) mass is 2000 g/mol. The highest BCUT2D eigenvalue weighted by atomic mass is 16.5. The van der Waals surface area contributed by atoms with E-state index in [0.717, 1.165) is 202 Å². The van der Waals surface area contributed by atoms with Gasteiger partial charge >= 0.3 is 5.97 Å². The van der Waals surface area contributed by atoms with Gasteiger partial charge in [-0.1, -0.05) is 342 Å². The second-order valence-corrected chi connectivity index (χ2v) is 50.6. The Labute approximate surface area is 888 Å². The van der Waals surface area contributed by atoms with E-state index in [1.165, 1.54) is 295 Å². The third-order valence-corrected chi connectivity index (χ3v) is 40.7. The zero-order valence-corrected chi connectivity index (χ0v) is 92.3. The second kappa shape index (κ2) is 50.8. The molecule has 0 aromatic heterocycles. The van der Waals surface area contributed by atoms with E-state index < -0.39 is 39.4 Å². The first kappa shape index (κ1) is 110. The molecule has 0 amide bonds. The molecule has 15 heteroatoms. The number of hydrogen-bond acceptors (Lipinski definition) is 14. The number of likely N-dealkylation sites (N-methyl/N-ethyl adjacent to an activating group) is 2. The fourth-order valence-corrected chi connectivity index (χ4v) is 32.4. The summed E-state index contributed by atoms with van der Waals surface area (Å²) < 4.78 is 5.46. The molecular formula is C132H193N7O8. The summed E-state index contributed by atoms with van der Waals surface area (Å²) in [7, 11) is 4.35. The molecule has 9 aliphatic carbocycles. The normalized spacial score (nSPS) is 26.4. The van der Waals surface area contributed by atoms with E-state index >= 15 is 0 Å². The minimum Gasteiger partial charge on any atom is -0.481 e. The predicted molar refractivity (Wildman–Crippen MR) is 601 cm³/mol. The van der Waals surface area contributed by atoms with E-state index in [4.69, 9.17) is 4.74 Å². The quantitative estimate of drug-likeness (QED) is 0.0401. The number of aliphatic carboxylic acids is 1. The number of morpholine rings is 1. The Kier molecular flexibility index (Phi) is 38.1. The number of unbranched alkanes of at least 4 members (excludes halogenated alkanes) is 1. The molecule has 7 aliphatic heterocycles. The highest BCUT2D eigenvalue weighted by Crippen LogP contribution is 2.70. The maximum atomic E-state index is 12.6. The average molecular weight is 2010 g/mol. The van der Waals surface area contributed by atoms with Crippen molar-refractivity contribution in [2.24, 2.45) is 34.5 Å². The van der Waals surface area contributed by atoms with Crippen LogP contribution in [0.15, 0.2) is 164 Å². The number of carbonyl (C=O) groups is 1. The van der Waals surface area contributed by atoms with Crippen molar-refractivity contribution in [3.05, 3.63) is 247 Å². The van der Waals surface area contributed by atoms with E-state index in [-0.39, 0.29) is 23.2 Å². The second-order valence-electron chi connectivity index (χ2n) is 50.6. The summed E-state index contributed by atoms with van der Waals surface area (Å²) in [5.41, 5.74) is 18.0. The Bertz CT molecular complexity index is 5210. The van der Waals surface area contributed by atoms with Gasteiger partial charge in [0.25, 0.3) is 0 Å². The van der Waals surface area contributed by atoms with Crippen LogP contribution in [0.4, 0.5) is 0 Å². The van der Waals surface area contributed by atoms with Crippen LogP contribution in [-0.2, 0) is 55.3 Å². The number of aliphatic hydroxyl groups is 5. The Balaban J connectivity index is 0.000000116. The summed E-state index contributed by atoms with van der Waals surface area (Å²) >= 11 is 0. The molecule has 1 saturated heterocycles. The van der Waals surface area contributed by atoms with E-state index in [0.29, 0.717) is 47.5 Å². The van der Waals surface area contributed by atoms with Gasteiger partial charge in [-0.15, -0.1) is 0 Å². The highest BCUT2D eigenvalue weighted by molar-refractivity contribution is 5.79. The maximum absolute atomic E-state index is 12.6. The van der Waals surface area contributed by atoms with Gasteiger partial charge in [0.2, 0.25) is 0 Å². The lowest BCUT2D eigenvalue weighted by Crippen LogP contribution is -2.56. The van der Waals surface area contributed by atoms with Gasteiger partial charge < -0.3 is 45.2 Å². The van der Waals surface area contributed by atoms with Crippen LogP contribution in [0.25, 0.3) is 0 Å². The number of ether oxygens (including phenoxy) is 1. The zero-order valence-electron chi connectivity index (χ0n) is 92.3. The van der Waals surface area contributed by atoms with Gasteiger partial charge in [-0.3, -0.25) is 29.3 Å². The molecule has 23 rings (SSSR count). The van der Waals surface area contributed by atoms with E-state index in [2.05, 4.69) is 247 Å². The number of aryl methyl sites for hydroxylation is 2. The first-order chi connectivity index (χ1) is 71.4. The Morgan fingerprint density at radius 2 is 0.707 bits per heavy atom. The minimum atomic E-state index is -0.537. The SMILES string of the molecule is CC(C)N1Cc2ccccc2C(C(O)(C2CCCCC2)C2CCCCC2)C1.CCCCN1Cc2ccccc2C(C(O)(C2CCCCC2)C2CCCCC2)C1.CN1Cc2ccccc2C(C2(C3(C(=O)O)CC3)CCCCC2)C1.Cc1ccc(CN2Cc3ccccc3C(C3(O)CCCCC3)C2)cc1.Cc1ccc2c(c1)CN(C)CC2C1(O)CCCCC1.OC1(C2CN(CCN3CCOCC3)Cc3ccccc32)CCCCC1. The first-order valence-electron chi connectivity index (χ1n) is 60.4. The summed E-state index contributed by atoms with van der Waals surface area (Å²) in [4.78, 5) is 29.8. The number of benzene rings is 7. The van der Waals surface area contributed by atoms with E-state index in [9.17, 15) is 35.4 Å². The largest absolute Gasteiger partial charge is 0.481 e. The average Bonchev–Trinajstić information content (AvgIpc) is 1.53. The molecule has 6 N–H and O–H groups in total. The molecule has 7 heterocycles. The van der Waals surface area contributed by atoms with Crippen molar-refractivity contribution in [2.75, 3.05) is 99.3 Å². The van der Waals surface area contributed by atoms with Gasteiger partial charge in [-0.25, -0.2) is 0 Å². The predicted octanol–water partition coefficient (Wildman–Crippen LogP) is 26.8. The van der Waals surface area contributed by atoms with Crippen molar-refractivity contribution < 1.29 is 40.2 Å². The van der Waals surface area contributed by atoms with Crippen molar-refractivity contribution >= 4 is 5.97 Å². The number of rotatable bonds is 21. The Hall–Kier alpha value is -6.51. The highest BCUT2D eigenvalue weighted by Gasteiger charge is 2.68. The number of carboxylic acids is 1. The van der Waals surface area contributed by atoms with Gasteiger partial charge in [-0.05, 0) is 272 Å². The van der Waals surface area contributed by atoms with Crippen LogP contribution < -0.4 is 0 Å². The molecule has 10 fully saturated rings. The minimum absolute atomic E-state index is 0.0398. The van der Waals surface area contributed by atoms with E-state index in [1.54, 1.807) is 0 Å². The van der Waals surface area contributed by atoms with Crippen LogP contribution in [0.3, 0.4) is 0 Å². The molecule has 7 aromatic carbocycles. The first-order valence-corrected chi connectivity index (χ1v) is 60.4. The summed E-state index contributed by atoms with van der Waals surface area (Å²) in [5.74, 6) is 3.16. The number of carboxylic acid groups (broad SMARTS) is 1. The molecule has 9 saturated carbocycles. The molecule has 16 aliphatic rings. The van der Waals surface area contributed by atoms with Crippen LogP contribution in [-0.4, -0.2) is 204 Å². The number of nitrogens with zero attached hydrogens (tertiary/aromatic N) is 7. The van der Waals surface area contributed by atoms with Crippen molar-refractivity contribution in [3.63, 3.8) is 0 Å². The van der Waals surface area contributed by atoms with Crippen LogP contribution in [0.1, 0.15) is 422 Å². The summed E-state index contributed by atoms with van der Waals surface area (Å²) in [6.45, 7) is 31.5. The molecule has 0 radical (unpaired) electrons. The molecule has 15 nitrogen and oxygen atoms in total. The fourth-order valence-electron chi connectivity index (χ4n) is 32.4. The van der Waals surface area contributed by atoms with Gasteiger partial charge in [0.1, 0.15) is 0 Å². The molecule has 0 bridgehead atoms. The smallest absolute Gasteiger partial charge is 0.310 e. The van der Waals surface area contributed by atoms with Crippen molar-refractivity contribution in [3.8, 4) is 0 Å². The molecule has 7 aromatic rings. The third kappa shape index (κ3) is 25.7. The van der Waals surface area contributed by atoms with E-state index in [1.807, 2.05) is 0 Å². The molecule has 6 unspecified atom stereocenters. The summed E-state index contributed by atoms with van der Waals surface area (Å²) in [6.07, 6.45) is 52.5. The number of hydrogen-bond donors (Lipinski definition) is 6. The van der Waals surface area contributed by atoms with Crippen LogP contribution in [0, 0.1) is 48.3 Å². The fraction of sp³-hybridized carbons (Fsp3) is 0.674. The summed E-state index contributed by atoms with van der Waals surface area (Å²) in [5, 5.41) is 69.3.